The van der Waals surface area contributed by atoms with Crippen molar-refractivity contribution in [3.8, 4) is 5.69 Å². The molecule has 2 heterocycles. The van der Waals surface area contributed by atoms with Crippen LogP contribution in [0.5, 0.6) is 0 Å². The van der Waals surface area contributed by atoms with Crippen molar-refractivity contribution in [2.75, 3.05) is 32.8 Å². The second kappa shape index (κ2) is 8.07. The van der Waals surface area contributed by atoms with Gasteiger partial charge in [-0.3, -0.25) is 9.69 Å². The van der Waals surface area contributed by atoms with Crippen LogP contribution in [0.15, 0.2) is 24.3 Å². The van der Waals surface area contributed by atoms with Crippen molar-refractivity contribution in [1.82, 2.24) is 25.2 Å². The number of nitrogens with zero attached hydrogens (tertiary/aromatic N) is 4. The molecule has 2 aromatic rings. The number of carbonyl (C=O) groups excluding carboxylic acids is 1. The maximum absolute atomic E-state index is 13.7. The third kappa shape index (κ3) is 4.73. The molecule has 1 aromatic carbocycles. The molecule has 0 bridgehead atoms. The van der Waals surface area contributed by atoms with Gasteiger partial charge < -0.3 is 10.1 Å². The van der Waals surface area contributed by atoms with Crippen LogP contribution in [0.3, 0.4) is 0 Å². The summed E-state index contributed by atoms with van der Waals surface area (Å²) in [7, 11) is 0. The lowest BCUT2D eigenvalue weighted by Crippen LogP contribution is -2.55. The van der Waals surface area contributed by atoms with Crippen LogP contribution in [-0.2, 0) is 10.9 Å². The molecule has 1 aliphatic rings. The highest BCUT2D eigenvalue weighted by molar-refractivity contribution is 5.93. The molecule has 29 heavy (non-hydrogen) atoms. The summed E-state index contributed by atoms with van der Waals surface area (Å²) in [6.45, 7) is 6.34. The molecule has 0 atom stereocenters. The van der Waals surface area contributed by atoms with E-state index >= 15 is 0 Å². The number of ether oxygens (including phenoxy) is 1. The minimum atomic E-state index is -4.88. The van der Waals surface area contributed by atoms with Crippen LogP contribution in [0.25, 0.3) is 5.69 Å². The van der Waals surface area contributed by atoms with Gasteiger partial charge in [-0.15, -0.1) is 5.10 Å². The molecule has 1 aliphatic heterocycles. The quantitative estimate of drug-likeness (QED) is 0.759. The number of rotatable bonds is 5. The zero-order valence-electron chi connectivity index (χ0n) is 16.0. The van der Waals surface area contributed by atoms with Gasteiger partial charge in [-0.25, -0.2) is 9.07 Å². The third-order valence-electron chi connectivity index (χ3n) is 4.77. The predicted octanol–water partition coefficient (Wildman–Crippen LogP) is 2.27. The van der Waals surface area contributed by atoms with Gasteiger partial charge in [-0.05, 0) is 38.1 Å². The van der Waals surface area contributed by atoms with Crippen molar-refractivity contribution in [3.63, 3.8) is 0 Å². The lowest BCUT2D eigenvalue weighted by molar-refractivity contribution is -0.143. The molecule has 3 rings (SSSR count). The van der Waals surface area contributed by atoms with Gasteiger partial charge in [-0.2, -0.15) is 13.2 Å². The molecule has 0 aliphatic carbocycles. The maximum Gasteiger partial charge on any atom is 0.435 e. The van der Waals surface area contributed by atoms with Crippen LogP contribution in [-0.4, -0.2) is 64.2 Å². The first-order valence-electron chi connectivity index (χ1n) is 8.99. The largest absolute Gasteiger partial charge is 0.435 e. The molecular formula is C18H21F4N5O2. The number of amides is 1. The summed E-state index contributed by atoms with van der Waals surface area (Å²) in [4.78, 5) is 14.6. The summed E-state index contributed by atoms with van der Waals surface area (Å²) in [5, 5.41) is 9.45. The number of morpholine rings is 1. The number of hydrogen-bond donors (Lipinski definition) is 1. The van der Waals surface area contributed by atoms with Crippen LogP contribution in [0.2, 0.25) is 0 Å². The number of benzene rings is 1. The maximum atomic E-state index is 13.7. The van der Waals surface area contributed by atoms with Crippen LogP contribution in [0.1, 0.15) is 30.0 Å². The lowest BCUT2D eigenvalue weighted by atomic mass is 10.0. The molecule has 1 amide bonds. The molecule has 1 saturated heterocycles. The topological polar surface area (TPSA) is 72.3 Å². The average Bonchev–Trinajstić information content (AvgIpc) is 3.13. The molecular weight excluding hydrogens is 394 g/mol. The zero-order valence-corrected chi connectivity index (χ0v) is 16.0. The van der Waals surface area contributed by atoms with Crippen molar-refractivity contribution in [2.45, 2.75) is 25.6 Å². The summed E-state index contributed by atoms with van der Waals surface area (Å²) in [6.07, 6.45) is -4.88. The van der Waals surface area contributed by atoms with Gasteiger partial charge in [0.05, 0.1) is 18.9 Å². The first-order valence-corrected chi connectivity index (χ1v) is 8.99. The fraction of sp³-hybridized carbons (Fsp3) is 0.500. The minimum Gasteiger partial charge on any atom is -0.379 e. The van der Waals surface area contributed by atoms with Gasteiger partial charge in [0, 0.05) is 25.2 Å². The van der Waals surface area contributed by atoms with Gasteiger partial charge in [0.15, 0.2) is 11.4 Å². The number of aromatic nitrogens is 3. The van der Waals surface area contributed by atoms with E-state index in [1.165, 1.54) is 0 Å². The Morgan fingerprint density at radius 2 is 1.79 bits per heavy atom. The van der Waals surface area contributed by atoms with Crippen LogP contribution in [0.4, 0.5) is 17.6 Å². The van der Waals surface area contributed by atoms with Gasteiger partial charge in [-0.1, -0.05) is 5.21 Å². The number of alkyl halides is 3. The van der Waals surface area contributed by atoms with E-state index in [4.69, 9.17) is 4.74 Å². The Morgan fingerprint density at radius 1 is 1.17 bits per heavy atom. The molecule has 1 fully saturated rings. The lowest BCUT2D eigenvalue weighted by Gasteiger charge is -2.40. The van der Waals surface area contributed by atoms with E-state index in [0.717, 1.165) is 24.3 Å². The zero-order chi connectivity index (χ0) is 21.2. The Bertz CT molecular complexity index is 858. The molecule has 11 heteroatoms. The molecule has 0 unspecified atom stereocenters. The van der Waals surface area contributed by atoms with Crippen molar-refractivity contribution >= 4 is 5.91 Å². The van der Waals surface area contributed by atoms with Gasteiger partial charge in [0.1, 0.15) is 5.82 Å². The van der Waals surface area contributed by atoms with Crippen molar-refractivity contribution < 1.29 is 27.1 Å². The number of halogens is 4. The SMILES string of the molecule is CC(C)(CNC(=O)c1nnn(-c2ccc(F)cc2)c1C(F)(F)F)N1CCOCC1. The highest BCUT2D eigenvalue weighted by atomic mass is 19.4. The highest BCUT2D eigenvalue weighted by Crippen LogP contribution is 2.32. The van der Waals surface area contributed by atoms with Crippen LogP contribution >= 0.6 is 0 Å². The molecule has 7 nitrogen and oxygen atoms in total. The monoisotopic (exact) mass is 415 g/mol. The fourth-order valence-corrected chi connectivity index (χ4v) is 3.11. The van der Waals surface area contributed by atoms with E-state index in [2.05, 4.69) is 20.5 Å². The Kier molecular flexibility index (Phi) is 5.90. The summed E-state index contributed by atoms with van der Waals surface area (Å²) < 4.78 is 59.8. The number of hydrogen-bond acceptors (Lipinski definition) is 5. The third-order valence-corrected chi connectivity index (χ3v) is 4.77. The average molecular weight is 415 g/mol. The Labute approximate surface area is 164 Å². The van der Waals surface area contributed by atoms with Crippen LogP contribution < -0.4 is 5.32 Å². The summed E-state index contributed by atoms with van der Waals surface area (Å²) in [5.41, 5.74) is -2.69. The fourth-order valence-electron chi connectivity index (χ4n) is 3.11. The summed E-state index contributed by atoms with van der Waals surface area (Å²) >= 11 is 0. The smallest absolute Gasteiger partial charge is 0.379 e. The van der Waals surface area contributed by atoms with Crippen molar-refractivity contribution in [3.05, 3.63) is 41.5 Å². The summed E-state index contributed by atoms with van der Waals surface area (Å²) in [6, 6.07) is 4.26. The Hall–Kier alpha value is -2.53. The molecule has 1 N–H and O–H groups in total. The second-order valence-electron chi connectivity index (χ2n) is 7.27. The molecule has 158 valence electrons. The van der Waals surface area contributed by atoms with Gasteiger partial charge in [0.2, 0.25) is 0 Å². The first kappa shape index (κ1) is 21.2. The Balaban J connectivity index is 1.82. The number of carbonyl (C=O) groups is 1. The van der Waals surface area contributed by atoms with E-state index in [-0.39, 0.29) is 12.2 Å². The molecule has 0 radical (unpaired) electrons. The standard InChI is InChI=1S/C18H21F4N5O2/c1-17(2,26-7-9-29-10-8-26)11-23-16(28)14-15(18(20,21)22)27(25-24-14)13-5-3-12(19)4-6-13/h3-6H,7-11H2,1-2H3,(H,23,28). The van der Waals surface area contributed by atoms with E-state index in [0.29, 0.717) is 31.0 Å². The van der Waals surface area contributed by atoms with Crippen molar-refractivity contribution in [2.24, 2.45) is 0 Å². The highest BCUT2D eigenvalue weighted by Gasteiger charge is 2.42. The second-order valence-corrected chi connectivity index (χ2v) is 7.27. The van der Waals surface area contributed by atoms with E-state index in [1.807, 2.05) is 13.8 Å². The molecule has 1 aromatic heterocycles. The van der Waals surface area contributed by atoms with E-state index < -0.39 is 34.8 Å². The number of nitrogens with one attached hydrogen (secondary N) is 1. The van der Waals surface area contributed by atoms with Gasteiger partial charge in [0.25, 0.3) is 5.91 Å². The van der Waals surface area contributed by atoms with E-state index in [1.54, 1.807) is 0 Å². The minimum absolute atomic E-state index is 0.0566. The van der Waals surface area contributed by atoms with Gasteiger partial charge >= 0.3 is 6.18 Å². The van der Waals surface area contributed by atoms with Crippen molar-refractivity contribution in [1.29, 1.82) is 0 Å². The summed E-state index contributed by atoms with van der Waals surface area (Å²) in [5.74, 6) is -1.59. The first-order chi connectivity index (χ1) is 13.6. The van der Waals surface area contributed by atoms with Crippen LogP contribution in [0, 0.1) is 5.82 Å². The molecule has 0 spiro atoms. The Morgan fingerprint density at radius 3 is 2.38 bits per heavy atom. The predicted molar refractivity (Wildman–Crippen MR) is 95.1 cm³/mol. The molecule has 0 saturated carbocycles. The van der Waals surface area contributed by atoms with E-state index in [9.17, 15) is 22.4 Å². The normalized spacial score (nSPS) is 16.1.